The van der Waals surface area contributed by atoms with Crippen molar-refractivity contribution < 1.29 is 48.1 Å². The van der Waals surface area contributed by atoms with E-state index in [0.29, 0.717) is 72.3 Å². The van der Waals surface area contributed by atoms with Crippen LogP contribution in [0.4, 0.5) is 0 Å². The van der Waals surface area contributed by atoms with Gasteiger partial charge in [-0.3, -0.25) is 10.1 Å². The Labute approximate surface area is 361 Å². The Balaban J connectivity index is 1.94. The summed E-state index contributed by atoms with van der Waals surface area (Å²) in [4.78, 5) is 16.6. The van der Waals surface area contributed by atoms with Crippen molar-refractivity contribution >= 4 is 5.97 Å². The molecule has 0 radical (unpaired) electrons. The number of aryl methyl sites for hydroxylation is 1. The molecule has 10 heteroatoms. The summed E-state index contributed by atoms with van der Waals surface area (Å²) < 4.78 is 39.9. The molecule has 1 aromatic rings. The second-order valence-corrected chi connectivity index (χ2v) is 16.2. The van der Waals surface area contributed by atoms with Crippen molar-refractivity contribution in [2.24, 2.45) is 0 Å². The molecule has 1 N–H and O–H groups in total. The van der Waals surface area contributed by atoms with E-state index >= 15 is 0 Å². The highest BCUT2D eigenvalue weighted by Crippen LogP contribution is 2.29. The fraction of sp³-hybridized carbons (Fsp3) is 0.857. The largest absolute Gasteiger partial charge is 0.490 e. The molecule has 0 fully saturated rings. The quantitative estimate of drug-likeness (QED) is 0.0295. The van der Waals surface area contributed by atoms with E-state index in [-0.39, 0.29) is 12.1 Å². The van der Waals surface area contributed by atoms with E-state index in [2.05, 4.69) is 32.9 Å². The molecule has 0 amide bonds. The van der Waals surface area contributed by atoms with Crippen LogP contribution < -0.4 is 9.47 Å². The van der Waals surface area contributed by atoms with E-state index in [0.717, 1.165) is 88.9 Å². The van der Waals surface area contributed by atoms with Crippen LogP contribution in [0.3, 0.4) is 0 Å². The number of esters is 1. The van der Waals surface area contributed by atoms with Crippen molar-refractivity contribution in [2.75, 3.05) is 72.7 Å². The van der Waals surface area contributed by atoms with Gasteiger partial charge in [0.1, 0.15) is 6.61 Å². The lowest BCUT2D eigenvalue weighted by Crippen LogP contribution is -2.15. The lowest BCUT2D eigenvalue weighted by atomic mass is 10.0. The van der Waals surface area contributed by atoms with Gasteiger partial charge in [-0.25, -0.2) is 4.89 Å². The minimum Gasteiger partial charge on any atom is -0.490 e. The first-order valence-electron chi connectivity index (χ1n) is 24.2. The molecule has 0 aliphatic carbocycles. The maximum absolute atomic E-state index is 12.0. The van der Waals surface area contributed by atoms with Gasteiger partial charge in [0.05, 0.1) is 52.4 Å². The molecule has 1 aromatic carbocycles. The van der Waals surface area contributed by atoms with Crippen molar-refractivity contribution in [1.29, 1.82) is 0 Å². The number of carbonyl (C=O) groups is 1. The summed E-state index contributed by atoms with van der Waals surface area (Å²) in [5.74, 6) is 1.58. The van der Waals surface area contributed by atoms with Crippen molar-refractivity contribution in [2.45, 2.75) is 200 Å². The average Bonchev–Trinajstić information content (AvgIpc) is 3.24. The molecular weight excluding hydrogens is 749 g/mol. The van der Waals surface area contributed by atoms with Gasteiger partial charge in [0.2, 0.25) is 0 Å². The molecule has 0 aromatic heterocycles. The molecule has 0 heterocycles. The summed E-state index contributed by atoms with van der Waals surface area (Å²) in [7, 11) is 0. The lowest BCUT2D eigenvalue weighted by molar-refractivity contribution is -0.282. The summed E-state index contributed by atoms with van der Waals surface area (Å²) in [5.41, 5.74) is 1.18. The van der Waals surface area contributed by atoms with Crippen LogP contribution in [0.15, 0.2) is 18.2 Å². The molecule has 1 unspecified atom stereocenters. The van der Waals surface area contributed by atoms with E-state index in [1.165, 1.54) is 102 Å². The molecule has 59 heavy (non-hydrogen) atoms. The van der Waals surface area contributed by atoms with Crippen LogP contribution in [-0.4, -0.2) is 90.0 Å². The van der Waals surface area contributed by atoms with E-state index < -0.39 is 0 Å². The highest BCUT2D eigenvalue weighted by molar-refractivity contribution is 5.69. The lowest BCUT2D eigenvalue weighted by Gasteiger charge is -2.14. The Morgan fingerprint density at radius 1 is 0.475 bits per heavy atom. The second-order valence-electron chi connectivity index (χ2n) is 16.2. The van der Waals surface area contributed by atoms with E-state index in [1.54, 1.807) is 0 Å². The number of rotatable bonds is 47. The maximum atomic E-state index is 12.0. The molecule has 0 saturated heterocycles. The number of benzene rings is 1. The molecule has 0 aliphatic rings. The van der Waals surface area contributed by atoms with E-state index in [4.69, 9.17) is 38.0 Å². The third-order valence-corrected chi connectivity index (χ3v) is 10.6. The Morgan fingerprint density at radius 3 is 1.47 bits per heavy atom. The molecule has 0 aliphatic heterocycles. The number of hydrogen-bond acceptors (Lipinski definition) is 10. The van der Waals surface area contributed by atoms with Gasteiger partial charge in [-0.05, 0) is 63.1 Å². The van der Waals surface area contributed by atoms with Gasteiger partial charge in [-0.15, -0.1) is 0 Å². The topological polar surface area (TPSA) is 111 Å². The van der Waals surface area contributed by atoms with Crippen molar-refractivity contribution in [1.82, 2.24) is 0 Å². The normalized spacial score (nSPS) is 11.9. The zero-order chi connectivity index (χ0) is 42.5. The van der Waals surface area contributed by atoms with Gasteiger partial charge < -0.3 is 33.2 Å². The Bertz CT molecular complexity index is 1020. The Hall–Kier alpha value is -1.95. The summed E-state index contributed by atoms with van der Waals surface area (Å²) >= 11 is 0. The van der Waals surface area contributed by atoms with Crippen molar-refractivity contribution in [3.63, 3.8) is 0 Å². The van der Waals surface area contributed by atoms with E-state index in [9.17, 15) is 10.1 Å². The van der Waals surface area contributed by atoms with Crippen LogP contribution in [0.1, 0.15) is 193 Å². The van der Waals surface area contributed by atoms with Crippen LogP contribution in [0, 0.1) is 6.92 Å². The molecular formula is C49H90O10. The van der Waals surface area contributed by atoms with Crippen LogP contribution in [-0.2, 0) is 33.4 Å². The fourth-order valence-electron chi connectivity index (χ4n) is 6.84. The second kappa shape index (κ2) is 44.1. The van der Waals surface area contributed by atoms with Gasteiger partial charge in [0.15, 0.2) is 11.5 Å². The number of ether oxygens (including phenoxy) is 7. The summed E-state index contributed by atoms with van der Waals surface area (Å²) in [6.07, 6.45) is 30.0. The molecule has 346 valence electrons. The highest BCUT2D eigenvalue weighted by Gasteiger charge is 2.10. The van der Waals surface area contributed by atoms with Crippen molar-refractivity contribution in [3.05, 3.63) is 23.8 Å². The monoisotopic (exact) mass is 839 g/mol. The van der Waals surface area contributed by atoms with Crippen LogP contribution >= 0.6 is 0 Å². The third-order valence-electron chi connectivity index (χ3n) is 10.6. The smallest absolute Gasteiger partial charge is 0.305 e. The first-order valence-corrected chi connectivity index (χ1v) is 24.2. The Kier molecular flexibility index (Phi) is 41.2. The van der Waals surface area contributed by atoms with Gasteiger partial charge in [0, 0.05) is 32.7 Å². The number of carbonyl (C=O) groups excluding carboxylic acids is 1. The average molecular weight is 839 g/mol. The van der Waals surface area contributed by atoms with Crippen LogP contribution in [0.25, 0.3) is 0 Å². The predicted molar refractivity (Wildman–Crippen MR) is 240 cm³/mol. The highest BCUT2D eigenvalue weighted by atomic mass is 17.1. The van der Waals surface area contributed by atoms with Crippen LogP contribution in [0.5, 0.6) is 11.5 Å². The minimum absolute atomic E-state index is 0.124. The molecule has 10 nitrogen and oxygen atoms in total. The molecule has 0 bridgehead atoms. The first kappa shape index (κ1) is 55.1. The first-order chi connectivity index (χ1) is 29.1. The maximum Gasteiger partial charge on any atom is 0.305 e. The fourth-order valence-corrected chi connectivity index (χ4v) is 6.84. The summed E-state index contributed by atoms with van der Waals surface area (Å²) in [5, 5.41) is 9.26. The molecule has 1 atom stereocenters. The third kappa shape index (κ3) is 37.5. The van der Waals surface area contributed by atoms with E-state index in [1.807, 2.05) is 6.07 Å². The van der Waals surface area contributed by atoms with Gasteiger partial charge in [0.25, 0.3) is 0 Å². The standard InChI is InChI=1S/C49H90O10/c1-4-6-8-24-33-52-38-40-54-37-32-46(59-51)28-22-18-14-10-12-17-21-27-36-57-48-44-45(3)30-31-47(48)56-35-26-20-16-13-11-15-19-23-29-49(50)58-43-42-55-41-39-53-34-25-9-7-5-2/h30-31,44,46,51H,4-29,32-43H2,1-3H3. The number of unbranched alkanes of at least 4 members (excludes halogenated alkanes) is 20. The minimum atomic E-state index is -0.147. The van der Waals surface area contributed by atoms with Gasteiger partial charge in [-0.1, -0.05) is 142 Å². The van der Waals surface area contributed by atoms with Crippen molar-refractivity contribution in [3.8, 4) is 11.5 Å². The zero-order valence-electron chi connectivity index (χ0n) is 38.3. The van der Waals surface area contributed by atoms with Gasteiger partial charge in [-0.2, -0.15) is 0 Å². The predicted octanol–water partition coefficient (Wildman–Crippen LogP) is 12.8. The molecule has 0 spiro atoms. The van der Waals surface area contributed by atoms with Crippen LogP contribution in [0.2, 0.25) is 0 Å². The summed E-state index contributed by atoms with van der Waals surface area (Å²) in [6.45, 7) is 13.3. The summed E-state index contributed by atoms with van der Waals surface area (Å²) in [6, 6.07) is 6.21. The SMILES string of the molecule is CCCCCCOCCOCCOC(=O)CCCCCCCCCCOc1ccc(C)cc1OCCCCCCCCCCC(CCOCCOCCCCCC)OO. The number of hydrogen-bond donors (Lipinski definition) is 1. The molecule has 0 saturated carbocycles. The molecule has 1 rings (SSSR count). The van der Waals surface area contributed by atoms with Gasteiger partial charge >= 0.3 is 5.97 Å². The zero-order valence-corrected chi connectivity index (χ0v) is 38.3. The Morgan fingerprint density at radius 2 is 0.915 bits per heavy atom.